The Balaban J connectivity index is 1.80. The van der Waals surface area contributed by atoms with Crippen LogP contribution in [-0.4, -0.2) is 19.9 Å². The monoisotopic (exact) mass is 215 g/mol. The average Bonchev–Trinajstić information content (AvgIpc) is 3.03. The Morgan fingerprint density at radius 2 is 1.81 bits per heavy atom. The summed E-state index contributed by atoms with van der Waals surface area (Å²) >= 11 is 0. The molecule has 0 radical (unpaired) electrons. The molecule has 2 aromatic rings. The smallest absolute Gasteiger partial charge is 0.127 e. The second kappa shape index (κ2) is 3.94. The number of nitrogens with one attached hydrogen (secondary N) is 3. The van der Waals surface area contributed by atoms with Crippen LogP contribution in [0, 0.1) is 0 Å². The molecule has 5 heteroatoms. The molecular weight excluding hydrogens is 202 g/mol. The van der Waals surface area contributed by atoms with E-state index in [1.807, 2.05) is 12.4 Å². The van der Waals surface area contributed by atoms with E-state index in [1.54, 1.807) is 12.4 Å². The number of aromatic nitrogens is 4. The predicted octanol–water partition coefficient (Wildman–Crippen LogP) is 1.46. The average molecular weight is 215 g/mol. The first-order valence-corrected chi connectivity index (χ1v) is 5.35. The molecule has 16 heavy (non-hydrogen) atoms. The molecule has 3 heterocycles. The van der Waals surface area contributed by atoms with Gasteiger partial charge < -0.3 is 9.97 Å². The van der Waals surface area contributed by atoms with Crippen molar-refractivity contribution in [1.29, 1.82) is 0 Å². The minimum Gasteiger partial charge on any atom is -0.347 e. The molecule has 1 aliphatic rings. The van der Waals surface area contributed by atoms with Gasteiger partial charge in [0.05, 0.1) is 12.1 Å². The lowest BCUT2D eigenvalue weighted by atomic mass is 10.1. The van der Waals surface area contributed by atoms with Crippen molar-refractivity contribution in [3.8, 4) is 0 Å². The Morgan fingerprint density at radius 3 is 2.50 bits per heavy atom. The highest BCUT2D eigenvalue weighted by atomic mass is 15.1. The lowest BCUT2D eigenvalue weighted by Crippen LogP contribution is -2.29. The quantitative estimate of drug-likeness (QED) is 0.664. The van der Waals surface area contributed by atoms with Crippen LogP contribution in [0.4, 0.5) is 0 Å². The van der Waals surface area contributed by atoms with Crippen molar-refractivity contribution in [2.75, 3.05) is 0 Å². The van der Waals surface area contributed by atoms with Gasteiger partial charge in [-0.1, -0.05) is 12.2 Å². The normalized spacial score (nSPS) is 24.8. The highest BCUT2D eigenvalue weighted by Gasteiger charge is 2.22. The first-order chi connectivity index (χ1) is 7.93. The number of imidazole rings is 2. The van der Waals surface area contributed by atoms with Gasteiger partial charge in [0, 0.05) is 24.8 Å². The molecular formula is C11H13N5. The Morgan fingerprint density at radius 1 is 1.06 bits per heavy atom. The Kier molecular flexibility index (Phi) is 2.30. The Hall–Kier alpha value is -1.88. The summed E-state index contributed by atoms with van der Waals surface area (Å²) in [6, 6.07) is 0.369. The van der Waals surface area contributed by atoms with Crippen molar-refractivity contribution in [1.82, 2.24) is 25.3 Å². The standard InChI is InChI=1S/C11H13N5/c1-2-8(10-12-4-5-13-10)16-9(3-1)11-14-6-7-15-11/h1-2,4-9,16H,3H2,(H,12,13)(H,14,15). The van der Waals surface area contributed by atoms with Gasteiger partial charge in [-0.3, -0.25) is 5.32 Å². The molecule has 1 aliphatic heterocycles. The third-order valence-corrected chi connectivity index (χ3v) is 2.74. The van der Waals surface area contributed by atoms with E-state index in [1.165, 1.54) is 0 Å². The van der Waals surface area contributed by atoms with E-state index in [0.29, 0.717) is 0 Å². The zero-order valence-corrected chi connectivity index (χ0v) is 8.72. The van der Waals surface area contributed by atoms with Gasteiger partial charge in [0.15, 0.2) is 0 Å². The van der Waals surface area contributed by atoms with Crippen molar-refractivity contribution >= 4 is 0 Å². The molecule has 0 aliphatic carbocycles. The van der Waals surface area contributed by atoms with E-state index in [0.717, 1.165) is 18.1 Å². The summed E-state index contributed by atoms with van der Waals surface area (Å²) < 4.78 is 0. The van der Waals surface area contributed by atoms with Gasteiger partial charge in [-0.25, -0.2) is 9.97 Å². The molecule has 2 atom stereocenters. The fourth-order valence-electron chi connectivity index (χ4n) is 1.97. The number of hydrogen-bond acceptors (Lipinski definition) is 3. The van der Waals surface area contributed by atoms with Crippen molar-refractivity contribution < 1.29 is 0 Å². The third kappa shape index (κ3) is 1.65. The van der Waals surface area contributed by atoms with E-state index in [9.17, 15) is 0 Å². The molecule has 0 fully saturated rings. The van der Waals surface area contributed by atoms with Crippen LogP contribution in [-0.2, 0) is 0 Å². The molecule has 0 saturated carbocycles. The van der Waals surface area contributed by atoms with E-state index in [2.05, 4.69) is 37.4 Å². The van der Waals surface area contributed by atoms with Crippen LogP contribution >= 0.6 is 0 Å². The van der Waals surface area contributed by atoms with Crippen LogP contribution < -0.4 is 5.32 Å². The van der Waals surface area contributed by atoms with E-state index >= 15 is 0 Å². The molecule has 3 N–H and O–H groups in total. The molecule has 0 spiro atoms. The topological polar surface area (TPSA) is 69.4 Å². The van der Waals surface area contributed by atoms with Crippen LogP contribution in [0.15, 0.2) is 36.9 Å². The summed E-state index contributed by atoms with van der Waals surface area (Å²) in [5.74, 6) is 1.91. The Labute approximate surface area is 93.0 Å². The maximum absolute atomic E-state index is 4.27. The summed E-state index contributed by atoms with van der Waals surface area (Å²) in [5, 5.41) is 3.48. The molecule has 2 unspecified atom stereocenters. The fourth-order valence-corrected chi connectivity index (χ4v) is 1.97. The largest absolute Gasteiger partial charge is 0.347 e. The second-order valence-electron chi connectivity index (χ2n) is 3.81. The van der Waals surface area contributed by atoms with E-state index in [-0.39, 0.29) is 12.1 Å². The van der Waals surface area contributed by atoms with Crippen molar-refractivity contribution in [3.05, 3.63) is 48.6 Å². The number of aromatic amines is 2. The van der Waals surface area contributed by atoms with Crippen LogP contribution in [0.3, 0.4) is 0 Å². The van der Waals surface area contributed by atoms with Crippen molar-refractivity contribution in [2.45, 2.75) is 18.5 Å². The molecule has 3 rings (SSSR count). The van der Waals surface area contributed by atoms with Gasteiger partial charge in [-0.15, -0.1) is 0 Å². The third-order valence-electron chi connectivity index (χ3n) is 2.74. The zero-order valence-electron chi connectivity index (χ0n) is 8.72. The molecule has 0 aromatic carbocycles. The molecule has 5 nitrogen and oxygen atoms in total. The van der Waals surface area contributed by atoms with Gasteiger partial charge >= 0.3 is 0 Å². The lowest BCUT2D eigenvalue weighted by Gasteiger charge is -2.24. The van der Waals surface area contributed by atoms with E-state index < -0.39 is 0 Å². The summed E-state index contributed by atoms with van der Waals surface area (Å²) in [7, 11) is 0. The van der Waals surface area contributed by atoms with Crippen molar-refractivity contribution in [3.63, 3.8) is 0 Å². The number of nitrogens with zero attached hydrogens (tertiary/aromatic N) is 2. The minimum atomic E-state index is 0.138. The maximum atomic E-state index is 4.27. The van der Waals surface area contributed by atoms with Crippen LogP contribution in [0.1, 0.15) is 30.2 Å². The second-order valence-corrected chi connectivity index (χ2v) is 3.81. The first kappa shape index (κ1) is 9.35. The van der Waals surface area contributed by atoms with Crippen LogP contribution in [0.25, 0.3) is 0 Å². The van der Waals surface area contributed by atoms with Gasteiger partial charge in [-0.05, 0) is 6.42 Å². The summed E-state index contributed by atoms with van der Waals surface area (Å²) in [6.45, 7) is 0. The predicted molar refractivity (Wildman–Crippen MR) is 59.6 cm³/mol. The molecule has 0 bridgehead atoms. The molecule has 2 aromatic heterocycles. The van der Waals surface area contributed by atoms with Crippen LogP contribution in [0.5, 0.6) is 0 Å². The number of hydrogen-bond donors (Lipinski definition) is 3. The maximum Gasteiger partial charge on any atom is 0.127 e. The summed E-state index contributed by atoms with van der Waals surface area (Å²) in [6.07, 6.45) is 12.5. The number of rotatable bonds is 2. The fraction of sp³-hybridized carbons (Fsp3) is 0.273. The first-order valence-electron chi connectivity index (χ1n) is 5.35. The minimum absolute atomic E-state index is 0.138. The summed E-state index contributed by atoms with van der Waals surface area (Å²) in [4.78, 5) is 14.8. The van der Waals surface area contributed by atoms with Crippen LogP contribution in [0.2, 0.25) is 0 Å². The number of H-pyrrole nitrogens is 2. The van der Waals surface area contributed by atoms with Gasteiger partial charge in [0.1, 0.15) is 11.6 Å². The van der Waals surface area contributed by atoms with Gasteiger partial charge in [-0.2, -0.15) is 0 Å². The highest BCUT2D eigenvalue weighted by Crippen LogP contribution is 2.24. The lowest BCUT2D eigenvalue weighted by molar-refractivity contribution is 0.449. The van der Waals surface area contributed by atoms with Gasteiger partial charge in [0.2, 0.25) is 0 Å². The highest BCUT2D eigenvalue weighted by molar-refractivity contribution is 5.14. The van der Waals surface area contributed by atoms with Crippen molar-refractivity contribution in [2.24, 2.45) is 0 Å². The zero-order chi connectivity index (χ0) is 10.8. The SMILES string of the molecule is C1=CC(c2ncc[nH]2)NC(c2ncc[nH]2)C1. The Bertz CT molecular complexity index is 457. The summed E-state index contributed by atoms with van der Waals surface area (Å²) in [5.41, 5.74) is 0. The van der Waals surface area contributed by atoms with E-state index in [4.69, 9.17) is 0 Å². The molecule has 0 saturated heterocycles. The molecule has 0 amide bonds. The van der Waals surface area contributed by atoms with Gasteiger partial charge in [0.25, 0.3) is 0 Å². The molecule has 82 valence electrons.